The van der Waals surface area contributed by atoms with Gasteiger partial charge < -0.3 is 9.84 Å². The van der Waals surface area contributed by atoms with Gasteiger partial charge in [-0.1, -0.05) is 18.2 Å². The largest absolute Gasteiger partial charge is 0.502 e. The summed E-state index contributed by atoms with van der Waals surface area (Å²) < 4.78 is 18.8. The number of ether oxygens (including phenoxy) is 1. The van der Waals surface area contributed by atoms with Gasteiger partial charge in [0.25, 0.3) is 0 Å². The lowest BCUT2D eigenvalue weighted by atomic mass is 10.0. The van der Waals surface area contributed by atoms with Crippen LogP contribution in [0.15, 0.2) is 24.3 Å². The lowest BCUT2D eigenvalue weighted by Crippen LogP contribution is -1.90. The molecule has 0 bridgehead atoms. The molecule has 17 heavy (non-hydrogen) atoms. The maximum Gasteiger partial charge on any atom is 0.194 e. The van der Waals surface area contributed by atoms with Crippen LogP contribution >= 0.6 is 0 Å². The van der Waals surface area contributed by atoms with E-state index in [0.29, 0.717) is 11.3 Å². The van der Waals surface area contributed by atoms with Crippen LogP contribution in [0.25, 0.3) is 10.8 Å². The van der Waals surface area contributed by atoms with Crippen molar-refractivity contribution in [2.75, 3.05) is 7.11 Å². The molecule has 2 aromatic carbocycles. The molecule has 0 spiro atoms. The van der Waals surface area contributed by atoms with Gasteiger partial charge in [-0.25, -0.2) is 4.39 Å². The highest BCUT2D eigenvalue weighted by Gasteiger charge is 2.24. The van der Waals surface area contributed by atoms with E-state index < -0.39 is 11.6 Å². The molecule has 0 unspecified atom stereocenters. The molecule has 1 aliphatic carbocycles. The number of hydrogen-bond acceptors (Lipinski definition) is 2. The Balaban J connectivity index is 2.24. The van der Waals surface area contributed by atoms with Crippen molar-refractivity contribution in [2.45, 2.75) is 18.8 Å². The standard InChI is InChI=1S/C14H13FO2/c1-17-12-7-10-6-9(8-2-3-8)4-5-11(10)13(15)14(12)16/h4-8,16H,2-3H2,1H3. The second-order valence-corrected chi connectivity index (χ2v) is 4.50. The molecule has 0 saturated heterocycles. The monoisotopic (exact) mass is 232 g/mol. The second-order valence-electron chi connectivity index (χ2n) is 4.50. The molecule has 0 radical (unpaired) electrons. The Kier molecular flexibility index (Phi) is 2.21. The maximum absolute atomic E-state index is 13.9. The molecule has 1 aliphatic rings. The van der Waals surface area contributed by atoms with E-state index in [1.165, 1.54) is 25.5 Å². The van der Waals surface area contributed by atoms with E-state index in [1.54, 1.807) is 12.1 Å². The van der Waals surface area contributed by atoms with Crippen molar-refractivity contribution >= 4 is 10.8 Å². The van der Waals surface area contributed by atoms with E-state index in [1.807, 2.05) is 12.1 Å². The summed E-state index contributed by atoms with van der Waals surface area (Å²) in [6.07, 6.45) is 2.42. The molecule has 0 atom stereocenters. The lowest BCUT2D eigenvalue weighted by Gasteiger charge is -2.08. The Hall–Kier alpha value is -1.77. The highest BCUT2D eigenvalue weighted by Crippen LogP contribution is 2.42. The molecular formula is C14H13FO2. The molecule has 0 heterocycles. The Labute approximate surface area is 98.6 Å². The van der Waals surface area contributed by atoms with E-state index in [9.17, 15) is 9.50 Å². The van der Waals surface area contributed by atoms with Gasteiger partial charge in [0.2, 0.25) is 0 Å². The van der Waals surface area contributed by atoms with Crippen LogP contribution in [0.3, 0.4) is 0 Å². The number of benzene rings is 2. The van der Waals surface area contributed by atoms with Crippen molar-refractivity contribution < 1.29 is 14.2 Å². The third-order valence-corrected chi connectivity index (χ3v) is 3.31. The van der Waals surface area contributed by atoms with Crippen molar-refractivity contribution in [2.24, 2.45) is 0 Å². The van der Waals surface area contributed by atoms with Gasteiger partial charge >= 0.3 is 0 Å². The van der Waals surface area contributed by atoms with Crippen LogP contribution in [0.5, 0.6) is 11.5 Å². The quantitative estimate of drug-likeness (QED) is 0.857. The van der Waals surface area contributed by atoms with Crippen molar-refractivity contribution in [3.8, 4) is 11.5 Å². The Bertz CT molecular complexity index is 588. The van der Waals surface area contributed by atoms with Crippen LogP contribution in [0.2, 0.25) is 0 Å². The van der Waals surface area contributed by atoms with Gasteiger partial charge in [-0.3, -0.25) is 0 Å². The molecule has 1 saturated carbocycles. The Morgan fingerprint density at radius 1 is 1.29 bits per heavy atom. The molecule has 88 valence electrons. The molecule has 0 aromatic heterocycles. The number of aromatic hydroxyl groups is 1. The number of methoxy groups -OCH3 is 1. The number of phenols is 1. The van der Waals surface area contributed by atoms with Gasteiger partial charge in [-0.05, 0) is 35.8 Å². The lowest BCUT2D eigenvalue weighted by molar-refractivity contribution is 0.359. The summed E-state index contributed by atoms with van der Waals surface area (Å²) in [6.45, 7) is 0. The summed E-state index contributed by atoms with van der Waals surface area (Å²) in [5.41, 5.74) is 1.24. The average molecular weight is 232 g/mol. The maximum atomic E-state index is 13.9. The zero-order valence-corrected chi connectivity index (χ0v) is 9.53. The molecule has 3 heteroatoms. The predicted molar refractivity (Wildman–Crippen MR) is 64.1 cm³/mol. The van der Waals surface area contributed by atoms with Crippen LogP contribution < -0.4 is 4.74 Å². The average Bonchev–Trinajstić information content (AvgIpc) is 3.17. The molecule has 0 amide bonds. The van der Waals surface area contributed by atoms with Crippen molar-refractivity contribution in [1.29, 1.82) is 0 Å². The second kappa shape index (κ2) is 3.62. The van der Waals surface area contributed by atoms with E-state index in [4.69, 9.17) is 4.74 Å². The van der Waals surface area contributed by atoms with Gasteiger partial charge in [0.05, 0.1) is 7.11 Å². The smallest absolute Gasteiger partial charge is 0.194 e. The summed E-state index contributed by atoms with van der Waals surface area (Å²) in [5.74, 6) is -0.217. The fourth-order valence-electron chi connectivity index (χ4n) is 2.17. The van der Waals surface area contributed by atoms with Crippen LogP contribution in [-0.4, -0.2) is 12.2 Å². The zero-order valence-electron chi connectivity index (χ0n) is 9.53. The van der Waals surface area contributed by atoms with E-state index in [2.05, 4.69) is 0 Å². The molecule has 1 N–H and O–H groups in total. The highest BCUT2D eigenvalue weighted by atomic mass is 19.1. The molecular weight excluding hydrogens is 219 g/mol. The number of hydrogen-bond donors (Lipinski definition) is 1. The molecule has 1 fully saturated rings. The molecule has 2 nitrogen and oxygen atoms in total. The minimum absolute atomic E-state index is 0.183. The summed E-state index contributed by atoms with van der Waals surface area (Å²) in [4.78, 5) is 0. The fourth-order valence-corrected chi connectivity index (χ4v) is 2.17. The highest BCUT2D eigenvalue weighted by molar-refractivity contribution is 5.87. The number of fused-ring (bicyclic) bond motifs is 1. The normalized spacial score (nSPS) is 15.2. The van der Waals surface area contributed by atoms with Gasteiger partial charge in [0, 0.05) is 5.39 Å². The summed E-state index contributed by atoms with van der Waals surface area (Å²) in [5, 5.41) is 10.8. The molecule has 2 aromatic rings. The molecule has 0 aliphatic heterocycles. The van der Waals surface area contributed by atoms with E-state index >= 15 is 0 Å². The van der Waals surface area contributed by atoms with E-state index in [0.717, 1.165) is 5.39 Å². The summed E-state index contributed by atoms with van der Waals surface area (Å²) >= 11 is 0. The zero-order chi connectivity index (χ0) is 12.0. The minimum Gasteiger partial charge on any atom is -0.502 e. The first-order valence-corrected chi connectivity index (χ1v) is 5.70. The van der Waals surface area contributed by atoms with E-state index in [-0.39, 0.29) is 5.75 Å². The fraction of sp³-hybridized carbons (Fsp3) is 0.286. The Morgan fingerprint density at radius 3 is 2.71 bits per heavy atom. The first-order valence-electron chi connectivity index (χ1n) is 5.70. The van der Waals surface area contributed by atoms with Crippen LogP contribution in [-0.2, 0) is 0 Å². The third-order valence-electron chi connectivity index (χ3n) is 3.31. The molecule has 3 rings (SSSR count). The van der Waals surface area contributed by atoms with Crippen molar-refractivity contribution in [3.63, 3.8) is 0 Å². The van der Waals surface area contributed by atoms with Crippen LogP contribution in [0.4, 0.5) is 4.39 Å². The minimum atomic E-state index is -0.610. The topological polar surface area (TPSA) is 29.5 Å². The number of rotatable bonds is 2. The predicted octanol–water partition coefficient (Wildman–Crippen LogP) is 3.57. The summed E-state index contributed by atoms with van der Waals surface area (Å²) in [7, 11) is 1.42. The van der Waals surface area contributed by atoms with Crippen LogP contribution in [0, 0.1) is 5.82 Å². The van der Waals surface area contributed by atoms with Crippen molar-refractivity contribution in [1.82, 2.24) is 0 Å². The Morgan fingerprint density at radius 2 is 2.06 bits per heavy atom. The van der Waals surface area contributed by atoms with Crippen LogP contribution in [0.1, 0.15) is 24.3 Å². The first kappa shape index (κ1) is 10.4. The number of halogens is 1. The number of phenolic OH excluding ortho intramolecular Hbond substituents is 1. The van der Waals surface area contributed by atoms with Crippen molar-refractivity contribution in [3.05, 3.63) is 35.6 Å². The summed E-state index contributed by atoms with van der Waals surface area (Å²) in [6, 6.07) is 7.34. The van der Waals surface area contributed by atoms with Gasteiger partial charge in [-0.15, -0.1) is 0 Å². The van der Waals surface area contributed by atoms with Gasteiger partial charge in [0.1, 0.15) is 0 Å². The third kappa shape index (κ3) is 1.62. The van der Waals surface area contributed by atoms with Gasteiger partial charge in [-0.2, -0.15) is 0 Å². The van der Waals surface area contributed by atoms with Gasteiger partial charge in [0.15, 0.2) is 17.3 Å². The first-order chi connectivity index (χ1) is 8.20. The SMILES string of the molecule is COc1cc2cc(C3CC3)ccc2c(F)c1O.